The van der Waals surface area contributed by atoms with Gasteiger partial charge in [-0.2, -0.15) is 0 Å². The molecule has 14 heavy (non-hydrogen) atoms. The highest BCUT2D eigenvalue weighted by molar-refractivity contribution is 7.89. The van der Waals surface area contributed by atoms with Crippen molar-refractivity contribution in [2.24, 2.45) is 0 Å². The molecule has 0 amide bonds. The molecule has 0 aliphatic carbocycles. The lowest BCUT2D eigenvalue weighted by molar-refractivity contribution is -0.00516. The molecule has 0 radical (unpaired) electrons. The number of rotatable bonds is 7. The minimum atomic E-state index is -3.36. The highest BCUT2D eigenvalue weighted by atomic mass is 32.2. The van der Waals surface area contributed by atoms with E-state index in [-0.39, 0.29) is 18.9 Å². The van der Waals surface area contributed by atoms with Crippen LogP contribution in [0.2, 0.25) is 0 Å². The molecule has 0 aromatic heterocycles. The van der Waals surface area contributed by atoms with Gasteiger partial charge in [-0.15, -0.1) is 0 Å². The highest BCUT2D eigenvalue weighted by Crippen LogP contribution is 2.07. The second-order valence-corrected chi connectivity index (χ2v) is 5.48. The Hall–Kier alpha value is -0.170. The van der Waals surface area contributed by atoms with E-state index in [1.165, 1.54) is 0 Å². The van der Waals surface area contributed by atoms with Crippen LogP contribution in [0.15, 0.2) is 0 Å². The largest absolute Gasteiger partial charge is 0.395 e. The Morgan fingerprint density at radius 2 is 2.00 bits per heavy atom. The molecule has 0 unspecified atom stereocenters. The standard InChI is InChI=1S/C8H19NO4S/c1-4-13-8(2,3)7-9-14(11,12)6-5-10/h9-10H,4-7H2,1-3H3. The average molecular weight is 225 g/mol. The van der Waals surface area contributed by atoms with E-state index in [9.17, 15) is 8.42 Å². The quantitative estimate of drug-likeness (QED) is 0.624. The van der Waals surface area contributed by atoms with Crippen LogP contribution in [0.3, 0.4) is 0 Å². The molecule has 0 saturated carbocycles. The molecule has 0 aliphatic heterocycles. The molecule has 0 aromatic rings. The number of nitrogens with one attached hydrogen (secondary N) is 1. The van der Waals surface area contributed by atoms with Crippen molar-refractivity contribution in [3.05, 3.63) is 0 Å². The summed E-state index contributed by atoms with van der Waals surface area (Å²) in [4.78, 5) is 0. The van der Waals surface area contributed by atoms with Crippen LogP contribution in [0.4, 0.5) is 0 Å². The third-order valence-corrected chi connectivity index (χ3v) is 2.92. The topological polar surface area (TPSA) is 75.6 Å². The zero-order valence-corrected chi connectivity index (χ0v) is 9.73. The van der Waals surface area contributed by atoms with Crippen LogP contribution >= 0.6 is 0 Å². The van der Waals surface area contributed by atoms with Crippen molar-refractivity contribution in [3.63, 3.8) is 0 Å². The van der Waals surface area contributed by atoms with E-state index in [4.69, 9.17) is 9.84 Å². The van der Waals surface area contributed by atoms with Gasteiger partial charge >= 0.3 is 0 Å². The maximum absolute atomic E-state index is 11.2. The molecule has 0 aromatic carbocycles. The van der Waals surface area contributed by atoms with Gasteiger partial charge in [0.2, 0.25) is 10.0 Å². The van der Waals surface area contributed by atoms with Crippen molar-refractivity contribution < 1.29 is 18.3 Å². The molecule has 0 aliphatic rings. The summed E-state index contributed by atoms with van der Waals surface area (Å²) in [6, 6.07) is 0. The monoisotopic (exact) mass is 225 g/mol. The maximum atomic E-state index is 11.2. The zero-order valence-electron chi connectivity index (χ0n) is 8.91. The highest BCUT2D eigenvalue weighted by Gasteiger charge is 2.20. The lowest BCUT2D eigenvalue weighted by atomic mass is 10.1. The van der Waals surface area contributed by atoms with E-state index in [2.05, 4.69) is 4.72 Å². The third-order valence-electron chi connectivity index (χ3n) is 1.61. The van der Waals surface area contributed by atoms with E-state index >= 15 is 0 Å². The number of ether oxygens (including phenoxy) is 1. The number of aliphatic hydroxyl groups excluding tert-OH is 1. The Labute approximate surface area is 85.5 Å². The van der Waals surface area contributed by atoms with Crippen molar-refractivity contribution in [1.82, 2.24) is 4.72 Å². The minimum Gasteiger partial charge on any atom is -0.395 e. The molecule has 0 rings (SSSR count). The van der Waals surface area contributed by atoms with Gasteiger partial charge in [0.25, 0.3) is 0 Å². The lowest BCUT2D eigenvalue weighted by Crippen LogP contribution is -2.41. The molecule has 0 heterocycles. The van der Waals surface area contributed by atoms with Crippen LogP contribution in [-0.2, 0) is 14.8 Å². The van der Waals surface area contributed by atoms with Crippen LogP contribution < -0.4 is 4.72 Å². The van der Waals surface area contributed by atoms with Gasteiger partial charge in [-0.1, -0.05) is 0 Å². The van der Waals surface area contributed by atoms with Crippen LogP contribution in [0.5, 0.6) is 0 Å². The molecule has 6 heteroatoms. The van der Waals surface area contributed by atoms with Gasteiger partial charge in [0.05, 0.1) is 18.0 Å². The predicted molar refractivity (Wildman–Crippen MR) is 54.6 cm³/mol. The molecule has 0 spiro atoms. The Balaban J connectivity index is 4.04. The number of sulfonamides is 1. The Kier molecular flexibility index (Phi) is 5.58. The van der Waals surface area contributed by atoms with Crippen molar-refractivity contribution in [2.45, 2.75) is 26.4 Å². The summed E-state index contributed by atoms with van der Waals surface area (Å²) in [6.45, 7) is 5.84. The Morgan fingerprint density at radius 3 is 2.43 bits per heavy atom. The first-order valence-corrected chi connectivity index (χ1v) is 6.20. The third kappa shape index (κ3) is 6.31. The average Bonchev–Trinajstić information content (AvgIpc) is 2.01. The van der Waals surface area contributed by atoms with E-state index in [1.807, 2.05) is 6.92 Å². The number of aliphatic hydroxyl groups is 1. The summed E-state index contributed by atoms with van der Waals surface area (Å²) in [5.74, 6) is -0.269. The molecule has 0 atom stereocenters. The molecule has 0 saturated heterocycles. The zero-order chi connectivity index (χ0) is 11.2. The van der Waals surface area contributed by atoms with Crippen LogP contribution in [0.1, 0.15) is 20.8 Å². The Bertz CT molecular complexity index is 248. The molecule has 0 bridgehead atoms. The second kappa shape index (κ2) is 5.65. The van der Waals surface area contributed by atoms with E-state index in [0.717, 1.165) is 0 Å². The predicted octanol–water partition coefficient (Wildman–Crippen LogP) is -0.287. The molecular weight excluding hydrogens is 206 g/mol. The first kappa shape index (κ1) is 13.8. The number of hydrogen-bond acceptors (Lipinski definition) is 4. The van der Waals surface area contributed by atoms with Gasteiger partial charge < -0.3 is 9.84 Å². The van der Waals surface area contributed by atoms with E-state index in [0.29, 0.717) is 6.61 Å². The van der Waals surface area contributed by atoms with E-state index < -0.39 is 15.6 Å². The van der Waals surface area contributed by atoms with Gasteiger partial charge in [-0.25, -0.2) is 13.1 Å². The lowest BCUT2D eigenvalue weighted by Gasteiger charge is -2.24. The summed E-state index contributed by atoms with van der Waals surface area (Å²) in [5.41, 5.74) is -0.517. The van der Waals surface area contributed by atoms with Crippen molar-refractivity contribution >= 4 is 10.0 Å². The fourth-order valence-corrected chi connectivity index (χ4v) is 1.87. The van der Waals surface area contributed by atoms with Gasteiger partial charge in [0.15, 0.2) is 0 Å². The van der Waals surface area contributed by atoms with Crippen molar-refractivity contribution in [1.29, 1.82) is 0 Å². The first-order valence-electron chi connectivity index (χ1n) is 4.55. The molecule has 0 fully saturated rings. The SMILES string of the molecule is CCOC(C)(C)CNS(=O)(=O)CCO. The fourth-order valence-electron chi connectivity index (χ4n) is 0.918. The van der Waals surface area contributed by atoms with Crippen LogP contribution in [0, 0.1) is 0 Å². The summed E-state index contributed by atoms with van der Waals surface area (Å²) in [6.07, 6.45) is 0. The van der Waals surface area contributed by atoms with Crippen LogP contribution in [-0.4, -0.2) is 44.6 Å². The number of hydrogen-bond donors (Lipinski definition) is 2. The van der Waals surface area contributed by atoms with Crippen LogP contribution in [0.25, 0.3) is 0 Å². The van der Waals surface area contributed by atoms with Gasteiger partial charge in [0.1, 0.15) is 0 Å². The van der Waals surface area contributed by atoms with Gasteiger partial charge in [-0.3, -0.25) is 0 Å². The normalized spacial score (nSPS) is 13.1. The first-order chi connectivity index (χ1) is 6.33. The summed E-state index contributed by atoms with van der Waals surface area (Å²) >= 11 is 0. The smallest absolute Gasteiger partial charge is 0.213 e. The summed E-state index contributed by atoms with van der Waals surface area (Å²) < 4.78 is 30.0. The van der Waals surface area contributed by atoms with E-state index in [1.54, 1.807) is 13.8 Å². The van der Waals surface area contributed by atoms with Gasteiger partial charge in [0, 0.05) is 13.2 Å². The maximum Gasteiger partial charge on any atom is 0.213 e. The van der Waals surface area contributed by atoms with Crippen molar-refractivity contribution in [2.75, 3.05) is 25.5 Å². The minimum absolute atomic E-state index is 0.211. The van der Waals surface area contributed by atoms with Crippen molar-refractivity contribution in [3.8, 4) is 0 Å². The summed E-state index contributed by atoms with van der Waals surface area (Å²) in [7, 11) is -3.36. The fraction of sp³-hybridized carbons (Fsp3) is 1.00. The van der Waals surface area contributed by atoms with Gasteiger partial charge in [-0.05, 0) is 20.8 Å². The Morgan fingerprint density at radius 1 is 1.43 bits per heavy atom. The molecule has 86 valence electrons. The molecular formula is C8H19NO4S. The summed E-state index contributed by atoms with van der Waals surface area (Å²) in [5, 5.41) is 8.48. The molecule has 5 nitrogen and oxygen atoms in total. The second-order valence-electron chi connectivity index (χ2n) is 3.56. The molecule has 2 N–H and O–H groups in total.